The first-order chi connectivity index (χ1) is 15.8. The van der Waals surface area contributed by atoms with Crippen LogP contribution in [0.4, 0.5) is 0 Å². The summed E-state index contributed by atoms with van der Waals surface area (Å²) in [5.41, 5.74) is 0.967. The highest BCUT2D eigenvalue weighted by Crippen LogP contribution is 2.45. The molecule has 0 spiro atoms. The van der Waals surface area contributed by atoms with Crippen molar-refractivity contribution in [3.63, 3.8) is 0 Å². The van der Waals surface area contributed by atoms with Crippen LogP contribution in [0.15, 0.2) is 83.3 Å². The predicted molar refractivity (Wildman–Crippen MR) is 125 cm³/mol. The minimum atomic E-state index is -0.953. The number of carbonyl (C=O) groups excluding carboxylic acids is 1. The zero-order valence-corrected chi connectivity index (χ0v) is 18.4. The first kappa shape index (κ1) is 21.0. The molecule has 2 aromatic carbocycles. The summed E-state index contributed by atoms with van der Waals surface area (Å²) >= 11 is 0. The maximum atomic E-state index is 13.4. The molecule has 3 unspecified atom stereocenters. The maximum absolute atomic E-state index is 13.4. The number of piperidine rings is 1. The van der Waals surface area contributed by atoms with Crippen LogP contribution in [0.25, 0.3) is 6.08 Å². The molecule has 0 aliphatic carbocycles. The molecule has 1 amide bonds. The molecule has 7 heteroatoms. The van der Waals surface area contributed by atoms with Crippen molar-refractivity contribution < 1.29 is 15.0 Å². The Kier molecular flexibility index (Phi) is 4.87. The fourth-order valence-electron chi connectivity index (χ4n) is 5.02. The predicted octanol–water partition coefficient (Wildman–Crippen LogP) is 2.67. The second-order valence-electron chi connectivity index (χ2n) is 8.72. The topological polar surface area (TPSA) is 86.0 Å². The molecule has 1 saturated heterocycles. The third-order valence-electron chi connectivity index (χ3n) is 6.80. The van der Waals surface area contributed by atoms with E-state index in [-0.39, 0.29) is 5.69 Å². The molecular weight excluding hydrogens is 418 g/mol. The van der Waals surface area contributed by atoms with Crippen molar-refractivity contribution in [2.75, 3.05) is 12.1 Å². The minimum Gasteiger partial charge on any atom is -0.502 e. The molecule has 0 bridgehead atoms. The van der Waals surface area contributed by atoms with E-state index in [1.807, 2.05) is 78.7 Å². The van der Waals surface area contributed by atoms with Crippen LogP contribution in [0.3, 0.4) is 0 Å². The van der Waals surface area contributed by atoms with Gasteiger partial charge >= 0.3 is 0 Å². The number of benzene rings is 2. The number of carbonyl (C=O) groups is 1. The minimum absolute atomic E-state index is 0.114. The van der Waals surface area contributed by atoms with Crippen molar-refractivity contribution in [1.82, 2.24) is 9.58 Å². The highest BCUT2D eigenvalue weighted by Gasteiger charge is 2.54. The van der Waals surface area contributed by atoms with Crippen LogP contribution in [0.2, 0.25) is 0 Å². The van der Waals surface area contributed by atoms with Crippen LogP contribution in [0, 0.1) is 0 Å². The standard InChI is InChI=1S/C26H25N3O4/c1-26(19-11-7-4-8-12-19)21(31)16-18(15-17-9-5-3-6-10-17)24-27(2)25(33)22-23(32)20(30)13-14-28(22)29(24)26/h3-15,21,24,31-32H,16H2,1-2H3/b18-15+. The van der Waals surface area contributed by atoms with Crippen molar-refractivity contribution in [3.05, 3.63) is 106 Å². The summed E-state index contributed by atoms with van der Waals surface area (Å²) in [6.07, 6.45) is 2.46. The smallest absolute Gasteiger partial charge is 0.278 e. The molecule has 1 aromatic heterocycles. The van der Waals surface area contributed by atoms with Gasteiger partial charge in [0, 0.05) is 25.7 Å². The number of nitrogens with zero attached hydrogens (tertiary/aromatic N) is 3. The Hall–Kier alpha value is -3.84. The number of fused-ring (bicyclic) bond motifs is 3. The number of aliphatic hydroxyl groups is 1. The zero-order chi connectivity index (χ0) is 23.3. The first-order valence-corrected chi connectivity index (χ1v) is 10.8. The Morgan fingerprint density at radius 1 is 1.00 bits per heavy atom. The Balaban J connectivity index is 1.80. The van der Waals surface area contributed by atoms with Gasteiger partial charge in [0.15, 0.2) is 11.4 Å². The molecule has 2 aliphatic heterocycles. The Labute approximate surface area is 191 Å². The van der Waals surface area contributed by atoms with E-state index >= 15 is 0 Å². The van der Waals surface area contributed by atoms with E-state index < -0.39 is 34.9 Å². The molecule has 3 atom stereocenters. The van der Waals surface area contributed by atoms with Gasteiger partial charge in [0.25, 0.3) is 5.91 Å². The maximum Gasteiger partial charge on any atom is 0.278 e. The third kappa shape index (κ3) is 3.08. The molecule has 1 fully saturated rings. The lowest BCUT2D eigenvalue weighted by Crippen LogP contribution is -2.72. The number of amides is 1. The number of hydrogen-bond acceptors (Lipinski definition) is 5. The molecule has 168 valence electrons. The Morgan fingerprint density at radius 2 is 1.64 bits per heavy atom. The van der Waals surface area contributed by atoms with Crippen LogP contribution in [0.5, 0.6) is 5.75 Å². The molecule has 0 saturated carbocycles. The molecule has 3 aromatic rings. The molecule has 2 aliphatic rings. The molecule has 3 heterocycles. The SMILES string of the molecule is CN1C(=O)c2c(O)c(=O)ccn2N2C1/C(=C/c1ccccc1)CC(O)C2(C)c1ccccc1. The van der Waals surface area contributed by atoms with Gasteiger partial charge in [-0.25, -0.2) is 0 Å². The van der Waals surface area contributed by atoms with Gasteiger partial charge in [-0.05, 0) is 23.6 Å². The lowest BCUT2D eigenvalue weighted by molar-refractivity contribution is 0.0125. The van der Waals surface area contributed by atoms with E-state index in [9.17, 15) is 19.8 Å². The van der Waals surface area contributed by atoms with E-state index in [0.29, 0.717) is 6.42 Å². The van der Waals surface area contributed by atoms with Gasteiger partial charge < -0.3 is 15.1 Å². The van der Waals surface area contributed by atoms with E-state index in [4.69, 9.17) is 0 Å². The molecule has 2 N–H and O–H groups in total. The molecule has 7 nitrogen and oxygen atoms in total. The van der Waals surface area contributed by atoms with Crippen molar-refractivity contribution >= 4 is 12.0 Å². The highest BCUT2D eigenvalue weighted by molar-refractivity contribution is 5.97. The number of rotatable bonds is 2. The summed E-state index contributed by atoms with van der Waals surface area (Å²) in [5, 5.41) is 24.0. The molecule has 0 radical (unpaired) electrons. The lowest BCUT2D eigenvalue weighted by Gasteiger charge is -2.58. The quantitative estimate of drug-likeness (QED) is 0.636. The summed E-state index contributed by atoms with van der Waals surface area (Å²) in [6, 6.07) is 20.6. The lowest BCUT2D eigenvalue weighted by atomic mass is 9.77. The van der Waals surface area contributed by atoms with Gasteiger partial charge in [-0.2, -0.15) is 0 Å². The van der Waals surface area contributed by atoms with Crippen molar-refractivity contribution in [2.45, 2.75) is 31.2 Å². The largest absolute Gasteiger partial charge is 0.502 e. The van der Waals surface area contributed by atoms with Gasteiger partial charge in [0.1, 0.15) is 11.7 Å². The number of likely N-dealkylation sites (N-methyl/N-ethyl adjacent to an activating group) is 1. The average molecular weight is 444 g/mol. The second-order valence-corrected chi connectivity index (χ2v) is 8.72. The second kappa shape index (κ2) is 7.64. The summed E-state index contributed by atoms with van der Waals surface area (Å²) in [4.78, 5) is 27.1. The van der Waals surface area contributed by atoms with Gasteiger partial charge in [-0.3, -0.25) is 19.3 Å². The fourth-order valence-corrected chi connectivity index (χ4v) is 5.02. The number of aliphatic hydroxyl groups excluding tert-OH is 1. The first-order valence-electron chi connectivity index (χ1n) is 10.8. The van der Waals surface area contributed by atoms with Crippen LogP contribution in [-0.4, -0.2) is 45.0 Å². The molecule has 33 heavy (non-hydrogen) atoms. The number of aromatic nitrogens is 1. The number of pyridine rings is 1. The summed E-state index contributed by atoms with van der Waals surface area (Å²) < 4.78 is 1.53. The number of hydrogen-bond donors (Lipinski definition) is 2. The van der Waals surface area contributed by atoms with Crippen molar-refractivity contribution in [1.29, 1.82) is 0 Å². The zero-order valence-electron chi connectivity index (χ0n) is 18.4. The van der Waals surface area contributed by atoms with E-state index in [0.717, 1.165) is 16.7 Å². The summed E-state index contributed by atoms with van der Waals surface area (Å²) in [5.74, 6) is -1.06. The Bertz CT molecular complexity index is 1300. The van der Waals surface area contributed by atoms with Gasteiger partial charge in [-0.1, -0.05) is 66.7 Å². The molecule has 5 rings (SSSR count). The van der Waals surface area contributed by atoms with E-state index in [2.05, 4.69) is 0 Å². The van der Waals surface area contributed by atoms with Gasteiger partial charge in [-0.15, -0.1) is 0 Å². The summed E-state index contributed by atoms with van der Waals surface area (Å²) in [6.45, 7) is 1.92. The molecular formula is C26H25N3O4. The fraction of sp³-hybridized carbons (Fsp3) is 0.231. The van der Waals surface area contributed by atoms with Crippen molar-refractivity contribution in [2.24, 2.45) is 0 Å². The highest BCUT2D eigenvalue weighted by atomic mass is 16.3. The van der Waals surface area contributed by atoms with Crippen molar-refractivity contribution in [3.8, 4) is 5.75 Å². The van der Waals surface area contributed by atoms with Gasteiger partial charge in [0.2, 0.25) is 5.43 Å². The van der Waals surface area contributed by atoms with Gasteiger partial charge in [0.05, 0.1) is 6.10 Å². The van der Waals surface area contributed by atoms with E-state index in [1.54, 1.807) is 7.05 Å². The Morgan fingerprint density at radius 3 is 2.30 bits per heavy atom. The summed E-state index contributed by atoms with van der Waals surface area (Å²) in [7, 11) is 1.66. The van der Waals surface area contributed by atoms with Crippen LogP contribution < -0.4 is 10.4 Å². The normalized spacial score (nSPS) is 25.7. The monoisotopic (exact) mass is 443 g/mol. The van der Waals surface area contributed by atoms with Crippen LogP contribution in [0.1, 0.15) is 35.0 Å². The van der Waals surface area contributed by atoms with E-state index in [1.165, 1.54) is 21.8 Å². The van der Waals surface area contributed by atoms with Crippen LogP contribution in [-0.2, 0) is 5.54 Å². The number of aromatic hydroxyl groups is 1. The van der Waals surface area contributed by atoms with Crippen LogP contribution >= 0.6 is 0 Å². The third-order valence-corrected chi connectivity index (χ3v) is 6.80. The average Bonchev–Trinajstić information content (AvgIpc) is 2.83.